The first-order chi connectivity index (χ1) is 12.2. The quantitative estimate of drug-likeness (QED) is 0.777. The van der Waals surface area contributed by atoms with Crippen LogP contribution in [-0.4, -0.2) is 45.4 Å². The van der Waals surface area contributed by atoms with E-state index in [0.29, 0.717) is 41.8 Å². The van der Waals surface area contributed by atoms with Crippen LogP contribution in [0.25, 0.3) is 0 Å². The summed E-state index contributed by atoms with van der Waals surface area (Å²) in [5, 5.41) is 11.9. The molecule has 0 aliphatic carbocycles. The fraction of sp³-hybridized carbons (Fsp3) is 0.533. The predicted octanol–water partition coefficient (Wildman–Crippen LogP) is 3.18. The summed E-state index contributed by atoms with van der Waals surface area (Å²) in [5.41, 5.74) is 1.78. The lowest BCUT2D eigenvalue weighted by Crippen LogP contribution is -2.17. The largest absolute Gasteiger partial charge is 0.475 e. The molecular formula is C15H19ClN6O2S. The Bertz CT molecular complexity index is 765. The van der Waals surface area contributed by atoms with Crippen LogP contribution in [-0.2, 0) is 4.74 Å². The van der Waals surface area contributed by atoms with E-state index in [1.165, 1.54) is 0 Å². The van der Waals surface area contributed by atoms with Gasteiger partial charge in [-0.1, -0.05) is 11.6 Å². The van der Waals surface area contributed by atoms with E-state index >= 15 is 0 Å². The molecule has 2 aromatic rings. The minimum absolute atomic E-state index is 0.239. The van der Waals surface area contributed by atoms with Crippen LogP contribution in [0.4, 0.5) is 17.5 Å². The van der Waals surface area contributed by atoms with Gasteiger partial charge in [0.15, 0.2) is 5.82 Å². The summed E-state index contributed by atoms with van der Waals surface area (Å²) in [5.74, 6) is 2.33. The maximum absolute atomic E-state index is 6.15. The molecule has 1 atom stereocenters. The van der Waals surface area contributed by atoms with Crippen LogP contribution in [0.5, 0.6) is 5.88 Å². The molecule has 0 saturated carbocycles. The first kappa shape index (κ1) is 16.7. The fourth-order valence-corrected chi connectivity index (χ4v) is 3.91. The van der Waals surface area contributed by atoms with E-state index in [4.69, 9.17) is 21.1 Å². The van der Waals surface area contributed by atoms with Crippen molar-refractivity contribution in [1.82, 2.24) is 19.7 Å². The van der Waals surface area contributed by atoms with E-state index in [0.717, 1.165) is 30.8 Å². The van der Waals surface area contributed by atoms with Gasteiger partial charge in [0.25, 0.3) is 5.88 Å². The van der Waals surface area contributed by atoms with Crippen molar-refractivity contribution in [2.45, 2.75) is 25.1 Å². The maximum Gasteiger partial charge on any atom is 0.257 e. The summed E-state index contributed by atoms with van der Waals surface area (Å²) in [4.78, 5) is 8.72. The first-order valence-electron chi connectivity index (χ1n) is 8.17. The van der Waals surface area contributed by atoms with Crippen LogP contribution in [0.1, 0.15) is 23.9 Å². The van der Waals surface area contributed by atoms with Gasteiger partial charge in [-0.15, -0.1) is 16.9 Å². The van der Waals surface area contributed by atoms with E-state index in [9.17, 15) is 0 Å². The third-order valence-electron chi connectivity index (χ3n) is 4.08. The lowest BCUT2D eigenvalue weighted by molar-refractivity contribution is 0.159. The van der Waals surface area contributed by atoms with Gasteiger partial charge in [0.1, 0.15) is 16.1 Å². The molecule has 2 aliphatic rings. The van der Waals surface area contributed by atoms with Crippen molar-refractivity contribution in [2.75, 3.05) is 36.3 Å². The maximum atomic E-state index is 6.15. The number of nitrogens with one attached hydrogen (secondary N) is 2. The van der Waals surface area contributed by atoms with Crippen molar-refractivity contribution in [1.29, 1.82) is 0 Å². The van der Waals surface area contributed by atoms with E-state index in [2.05, 4.69) is 25.7 Å². The summed E-state index contributed by atoms with van der Waals surface area (Å²) >= 11 is 7.88. The highest BCUT2D eigenvalue weighted by atomic mass is 35.5. The third kappa shape index (κ3) is 3.49. The lowest BCUT2D eigenvalue weighted by atomic mass is 10.3. The van der Waals surface area contributed by atoms with Gasteiger partial charge < -0.3 is 20.1 Å². The number of hydrogen-bond donors (Lipinski definition) is 2. The second-order valence-electron chi connectivity index (χ2n) is 5.79. The zero-order valence-corrected chi connectivity index (χ0v) is 15.4. The summed E-state index contributed by atoms with van der Waals surface area (Å²) < 4.78 is 13.3. The average Bonchev–Trinajstić information content (AvgIpc) is 2.92. The fourth-order valence-electron chi connectivity index (χ4n) is 2.77. The molecule has 0 spiro atoms. The Morgan fingerprint density at radius 2 is 2.32 bits per heavy atom. The molecule has 134 valence electrons. The normalized spacial score (nSPS) is 20.5. The Balaban J connectivity index is 1.71. The molecule has 25 heavy (non-hydrogen) atoms. The minimum atomic E-state index is 0.239. The molecule has 1 unspecified atom stereocenters. The van der Waals surface area contributed by atoms with Gasteiger partial charge in [-0.25, -0.2) is 4.98 Å². The Morgan fingerprint density at radius 1 is 1.40 bits per heavy atom. The molecule has 4 rings (SSSR count). The van der Waals surface area contributed by atoms with Gasteiger partial charge in [0.2, 0.25) is 5.95 Å². The van der Waals surface area contributed by atoms with E-state index in [1.54, 1.807) is 18.0 Å². The van der Waals surface area contributed by atoms with Gasteiger partial charge in [0.05, 0.1) is 31.0 Å². The van der Waals surface area contributed by atoms with E-state index < -0.39 is 0 Å². The molecule has 0 aromatic carbocycles. The molecule has 0 amide bonds. The van der Waals surface area contributed by atoms with Gasteiger partial charge in [-0.2, -0.15) is 4.98 Å². The molecule has 2 aliphatic heterocycles. The zero-order valence-electron chi connectivity index (χ0n) is 13.8. The summed E-state index contributed by atoms with van der Waals surface area (Å²) in [6.07, 6.45) is 3.32. The second-order valence-corrected chi connectivity index (χ2v) is 7.31. The van der Waals surface area contributed by atoms with Crippen molar-refractivity contribution >= 4 is 40.8 Å². The monoisotopic (exact) mass is 382 g/mol. The summed E-state index contributed by atoms with van der Waals surface area (Å²) in [6, 6.07) is 0. The van der Waals surface area contributed by atoms with E-state index in [1.807, 2.05) is 11.6 Å². The first-order valence-corrected chi connectivity index (χ1v) is 9.60. The molecular weight excluding hydrogens is 364 g/mol. The molecule has 8 nitrogen and oxygen atoms in total. The molecule has 2 bridgehead atoms. The molecule has 2 aromatic heterocycles. The number of anilines is 3. The van der Waals surface area contributed by atoms with Crippen molar-refractivity contribution in [3.05, 3.63) is 16.9 Å². The number of ether oxygens (including phenoxy) is 2. The third-order valence-corrected chi connectivity index (χ3v) is 5.48. The Labute approximate surface area is 154 Å². The SMILES string of the molecule is Cc1c2c(nn1C1CCOCS1)OCCCNc1nc(ncc1Cl)N2. The highest BCUT2D eigenvalue weighted by Gasteiger charge is 2.25. The van der Waals surface area contributed by atoms with Crippen molar-refractivity contribution in [3.8, 4) is 5.88 Å². The van der Waals surface area contributed by atoms with Crippen LogP contribution in [0.3, 0.4) is 0 Å². The molecule has 2 N–H and O–H groups in total. The van der Waals surface area contributed by atoms with Crippen molar-refractivity contribution < 1.29 is 9.47 Å². The molecule has 0 radical (unpaired) electrons. The highest BCUT2D eigenvalue weighted by molar-refractivity contribution is 7.99. The molecule has 1 fully saturated rings. The lowest BCUT2D eigenvalue weighted by Gasteiger charge is -2.22. The van der Waals surface area contributed by atoms with Gasteiger partial charge in [-0.05, 0) is 13.3 Å². The zero-order chi connectivity index (χ0) is 17.2. The molecule has 10 heteroatoms. The summed E-state index contributed by atoms with van der Waals surface area (Å²) in [6.45, 7) is 4.03. The van der Waals surface area contributed by atoms with Gasteiger partial charge in [-0.3, -0.25) is 4.68 Å². The number of nitrogens with zero attached hydrogens (tertiary/aromatic N) is 4. The van der Waals surface area contributed by atoms with Crippen molar-refractivity contribution in [2.24, 2.45) is 0 Å². The number of rotatable bonds is 1. The van der Waals surface area contributed by atoms with Crippen LogP contribution in [0.15, 0.2) is 6.20 Å². The second kappa shape index (κ2) is 7.27. The van der Waals surface area contributed by atoms with Crippen LogP contribution >= 0.6 is 23.4 Å². The number of aromatic nitrogens is 4. The highest BCUT2D eigenvalue weighted by Crippen LogP contribution is 2.38. The average molecular weight is 383 g/mol. The number of halogens is 1. The topological polar surface area (TPSA) is 86.1 Å². The predicted molar refractivity (Wildman–Crippen MR) is 98.0 cm³/mol. The van der Waals surface area contributed by atoms with Crippen molar-refractivity contribution in [3.63, 3.8) is 0 Å². The van der Waals surface area contributed by atoms with Crippen LogP contribution in [0.2, 0.25) is 5.02 Å². The number of fused-ring (bicyclic) bond motifs is 3. The standard InChI is InChI=1S/C15H19ClN6O2S/c1-9-12-14(21-22(9)11-3-6-23-8-25-11)24-5-2-4-17-13-10(16)7-18-15(19-12)20-13/h7,11H,2-6,8H2,1H3,(H2,17,18,19,20). The Morgan fingerprint density at radius 3 is 3.16 bits per heavy atom. The van der Waals surface area contributed by atoms with Gasteiger partial charge in [0, 0.05) is 13.0 Å². The Hall–Kier alpha value is -1.71. The number of thioether (sulfide) groups is 1. The molecule has 4 heterocycles. The van der Waals surface area contributed by atoms with Gasteiger partial charge >= 0.3 is 0 Å². The molecule has 1 saturated heterocycles. The van der Waals surface area contributed by atoms with Crippen LogP contribution < -0.4 is 15.4 Å². The number of hydrogen-bond acceptors (Lipinski definition) is 8. The summed E-state index contributed by atoms with van der Waals surface area (Å²) in [7, 11) is 0. The van der Waals surface area contributed by atoms with E-state index in [-0.39, 0.29) is 5.37 Å². The minimum Gasteiger partial charge on any atom is -0.475 e. The Kier molecular flexibility index (Phi) is 4.87. The smallest absolute Gasteiger partial charge is 0.257 e. The van der Waals surface area contributed by atoms with Crippen LogP contribution in [0, 0.1) is 6.92 Å².